The van der Waals surface area contributed by atoms with Crippen LogP contribution in [0.3, 0.4) is 0 Å². The maximum absolute atomic E-state index is 9.74. The highest BCUT2D eigenvalue weighted by molar-refractivity contribution is 5.20. The van der Waals surface area contributed by atoms with Gasteiger partial charge in [0.1, 0.15) is 18.5 Å². The SMILES string of the molecule is CCCC(C)NCC(O)COc1ccccc1. The van der Waals surface area contributed by atoms with Gasteiger partial charge in [-0.25, -0.2) is 0 Å². The summed E-state index contributed by atoms with van der Waals surface area (Å²) in [6.07, 6.45) is 1.83. The Morgan fingerprint density at radius 3 is 2.65 bits per heavy atom. The third kappa shape index (κ3) is 6.29. The van der Waals surface area contributed by atoms with Gasteiger partial charge in [-0.2, -0.15) is 0 Å². The molecule has 0 radical (unpaired) electrons. The number of aliphatic hydroxyl groups excluding tert-OH is 1. The summed E-state index contributed by atoms with van der Waals surface area (Å²) >= 11 is 0. The van der Waals surface area contributed by atoms with E-state index in [0.29, 0.717) is 19.2 Å². The average molecular weight is 237 g/mol. The minimum absolute atomic E-state index is 0.329. The van der Waals surface area contributed by atoms with Crippen LogP contribution in [0.4, 0.5) is 0 Å². The third-order valence-corrected chi connectivity index (χ3v) is 2.61. The second-order valence-electron chi connectivity index (χ2n) is 4.38. The van der Waals surface area contributed by atoms with E-state index in [1.54, 1.807) is 0 Å². The highest BCUT2D eigenvalue weighted by Crippen LogP contribution is 2.08. The lowest BCUT2D eigenvalue weighted by Crippen LogP contribution is -2.36. The summed E-state index contributed by atoms with van der Waals surface area (Å²) in [5, 5.41) is 13.0. The largest absolute Gasteiger partial charge is 0.491 e. The Bertz CT molecular complexity index is 290. The minimum atomic E-state index is -0.463. The Morgan fingerprint density at radius 2 is 2.00 bits per heavy atom. The molecule has 0 aromatic heterocycles. The molecular formula is C14H23NO2. The zero-order valence-corrected chi connectivity index (χ0v) is 10.7. The predicted octanol–water partition coefficient (Wildman–Crippen LogP) is 2.20. The van der Waals surface area contributed by atoms with E-state index in [4.69, 9.17) is 4.74 Å². The molecule has 3 nitrogen and oxygen atoms in total. The third-order valence-electron chi connectivity index (χ3n) is 2.61. The maximum atomic E-state index is 9.74. The van der Waals surface area contributed by atoms with Gasteiger partial charge >= 0.3 is 0 Å². The highest BCUT2D eigenvalue weighted by atomic mass is 16.5. The lowest BCUT2D eigenvalue weighted by Gasteiger charge is -2.17. The van der Waals surface area contributed by atoms with Crippen molar-refractivity contribution in [3.05, 3.63) is 30.3 Å². The van der Waals surface area contributed by atoms with E-state index in [9.17, 15) is 5.11 Å². The molecule has 0 aliphatic carbocycles. The molecular weight excluding hydrogens is 214 g/mol. The summed E-state index contributed by atoms with van der Waals surface area (Å²) < 4.78 is 5.47. The first kappa shape index (κ1) is 14.0. The maximum Gasteiger partial charge on any atom is 0.119 e. The molecule has 1 aromatic carbocycles. The molecule has 0 saturated heterocycles. The first-order chi connectivity index (χ1) is 8.22. The Labute approximate surface area is 104 Å². The van der Waals surface area contributed by atoms with Crippen LogP contribution < -0.4 is 10.1 Å². The summed E-state index contributed by atoms with van der Waals surface area (Å²) in [4.78, 5) is 0. The Hall–Kier alpha value is -1.06. The molecule has 1 rings (SSSR count). The van der Waals surface area contributed by atoms with Gasteiger partial charge in [0, 0.05) is 12.6 Å². The van der Waals surface area contributed by atoms with Crippen LogP contribution in [0, 0.1) is 0 Å². The van der Waals surface area contributed by atoms with Crippen LogP contribution in [-0.4, -0.2) is 30.4 Å². The van der Waals surface area contributed by atoms with Crippen molar-refractivity contribution in [2.75, 3.05) is 13.2 Å². The lowest BCUT2D eigenvalue weighted by molar-refractivity contribution is 0.104. The molecule has 0 amide bonds. The first-order valence-electron chi connectivity index (χ1n) is 6.31. The Balaban J connectivity index is 2.15. The number of nitrogens with one attached hydrogen (secondary N) is 1. The topological polar surface area (TPSA) is 41.5 Å². The predicted molar refractivity (Wildman–Crippen MR) is 70.3 cm³/mol. The monoisotopic (exact) mass is 237 g/mol. The molecule has 0 bridgehead atoms. The fraction of sp³-hybridized carbons (Fsp3) is 0.571. The molecule has 17 heavy (non-hydrogen) atoms. The number of ether oxygens (including phenoxy) is 1. The molecule has 0 aliphatic rings. The molecule has 96 valence electrons. The van der Waals surface area contributed by atoms with Crippen LogP contribution in [-0.2, 0) is 0 Å². The first-order valence-corrected chi connectivity index (χ1v) is 6.31. The molecule has 0 aliphatic heterocycles. The zero-order chi connectivity index (χ0) is 12.5. The zero-order valence-electron chi connectivity index (χ0n) is 10.7. The van der Waals surface area contributed by atoms with Gasteiger partial charge in [-0.15, -0.1) is 0 Å². The van der Waals surface area contributed by atoms with E-state index in [0.717, 1.165) is 18.6 Å². The molecule has 0 heterocycles. The van der Waals surface area contributed by atoms with Gasteiger partial charge in [-0.3, -0.25) is 0 Å². The normalized spacial score (nSPS) is 14.3. The van der Waals surface area contributed by atoms with Gasteiger partial charge in [0.2, 0.25) is 0 Å². The van der Waals surface area contributed by atoms with E-state index in [1.807, 2.05) is 30.3 Å². The van der Waals surface area contributed by atoms with E-state index in [1.165, 1.54) is 0 Å². The Morgan fingerprint density at radius 1 is 1.29 bits per heavy atom. The molecule has 3 heteroatoms. The van der Waals surface area contributed by atoms with E-state index < -0.39 is 6.10 Å². The molecule has 2 unspecified atom stereocenters. The number of para-hydroxylation sites is 1. The van der Waals surface area contributed by atoms with E-state index in [2.05, 4.69) is 19.2 Å². The smallest absolute Gasteiger partial charge is 0.119 e. The molecule has 1 aromatic rings. The van der Waals surface area contributed by atoms with Crippen LogP contribution >= 0.6 is 0 Å². The van der Waals surface area contributed by atoms with Crippen molar-refractivity contribution >= 4 is 0 Å². The van der Waals surface area contributed by atoms with Crippen molar-refractivity contribution in [1.82, 2.24) is 5.32 Å². The summed E-state index contributed by atoms with van der Waals surface area (Å²) in [6.45, 7) is 5.20. The van der Waals surface area contributed by atoms with Gasteiger partial charge in [0.15, 0.2) is 0 Å². The molecule has 2 atom stereocenters. The molecule has 0 spiro atoms. The molecule has 0 fully saturated rings. The van der Waals surface area contributed by atoms with Crippen molar-refractivity contribution in [3.63, 3.8) is 0 Å². The van der Waals surface area contributed by atoms with Crippen LogP contribution in [0.5, 0.6) is 5.75 Å². The number of rotatable bonds is 8. The van der Waals surface area contributed by atoms with Crippen LogP contribution in [0.2, 0.25) is 0 Å². The van der Waals surface area contributed by atoms with Crippen LogP contribution in [0.25, 0.3) is 0 Å². The summed E-state index contributed by atoms with van der Waals surface area (Å²) in [7, 11) is 0. The Kier molecular flexibility index (Phi) is 6.67. The van der Waals surface area contributed by atoms with E-state index >= 15 is 0 Å². The molecule has 0 saturated carbocycles. The number of aliphatic hydroxyl groups is 1. The lowest BCUT2D eigenvalue weighted by atomic mass is 10.2. The van der Waals surface area contributed by atoms with Gasteiger partial charge in [0.25, 0.3) is 0 Å². The van der Waals surface area contributed by atoms with Crippen molar-refractivity contribution in [2.45, 2.75) is 38.8 Å². The van der Waals surface area contributed by atoms with Crippen molar-refractivity contribution in [1.29, 1.82) is 0 Å². The second-order valence-corrected chi connectivity index (χ2v) is 4.38. The highest BCUT2D eigenvalue weighted by Gasteiger charge is 2.07. The van der Waals surface area contributed by atoms with Crippen LogP contribution in [0.1, 0.15) is 26.7 Å². The van der Waals surface area contributed by atoms with Crippen molar-refractivity contribution in [3.8, 4) is 5.75 Å². The van der Waals surface area contributed by atoms with Gasteiger partial charge in [-0.1, -0.05) is 31.5 Å². The van der Waals surface area contributed by atoms with Crippen LogP contribution in [0.15, 0.2) is 30.3 Å². The summed E-state index contributed by atoms with van der Waals surface area (Å²) in [5.74, 6) is 0.799. The minimum Gasteiger partial charge on any atom is -0.491 e. The second kappa shape index (κ2) is 8.09. The van der Waals surface area contributed by atoms with Crippen molar-refractivity contribution < 1.29 is 9.84 Å². The van der Waals surface area contributed by atoms with Crippen molar-refractivity contribution in [2.24, 2.45) is 0 Å². The number of benzene rings is 1. The molecule has 2 N–H and O–H groups in total. The van der Waals surface area contributed by atoms with E-state index in [-0.39, 0.29) is 0 Å². The number of hydrogen-bond acceptors (Lipinski definition) is 3. The quantitative estimate of drug-likeness (QED) is 0.728. The van der Waals surface area contributed by atoms with Gasteiger partial charge < -0.3 is 15.2 Å². The summed E-state index contributed by atoms with van der Waals surface area (Å²) in [6, 6.07) is 10.0. The summed E-state index contributed by atoms with van der Waals surface area (Å²) in [5.41, 5.74) is 0. The van der Waals surface area contributed by atoms with Gasteiger partial charge in [0.05, 0.1) is 0 Å². The fourth-order valence-corrected chi connectivity index (χ4v) is 1.64. The van der Waals surface area contributed by atoms with Gasteiger partial charge in [-0.05, 0) is 25.5 Å². The standard InChI is InChI=1S/C14H23NO2/c1-3-7-12(2)15-10-13(16)11-17-14-8-5-4-6-9-14/h4-6,8-9,12-13,15-16H,3,7,10-11H2,1-2H3. The fourth-order valence-electron chi connectivity index (χ4n) is 1.64. The number of hydrogen-bond donors (Lipinski definition) is 2. The average Bonchev–Trinajstić information content (AvgIpc) is 2.35.